The summed E-state index contributed by atoms with van der Waals surface area (Å²) in [6.45, 7) is 4.18. The first-order chi connectivity index (χ1) is 13.0. The maximum atomic E-state index is 12.8. The van der Waals surface area contributed by atoms with Gasteiger partial charge in [0.1, 0.15) is 5.75 Å². The van der Waals surface area contributed by atoms with Crippen molar-refractivity contribution in [2.75, 3.05) is 12.4 Å². The molecule has 27 heavy (non-hydrogen) atoms. The Labute approximate surface area is 160 Å². The fourth-order valence-electron chi connectivity index (χ4n) is 3.14. The number of amides is 1. The number of carbonyl (C=O) groups is 2. The van der Waals surface area contributed by atoms with E-state index in [9.17, 15) is 9.59 Å². The molecule has 5 nitrogen and oxygen atoms in total. The van der Waals surface area contributed by atoms with Crippen LogP contribution in [0.4, 0.5) is 5.69 Å². The number of hydrogen-bond donors (Lipinski definition) is 1. The molecule has 0 aromatic heterocycles. The van der Waals surface area contributed by atoms with Gasteiger partial charge in [0.2, 0.25) is 5.91 Å². The van der Waals surface area contributed by atoms with Crippen molar-refractivity contribution in [3.05, 3.63) is 59.7 Å². The third kappa shape index (κ3) is 4.95. The van der Waals surface area contributed by atoms with E-state index in [1.54, 1.807) is 25.3 Å². The molecule has 0 unspecified atom stereocenters. The number of methoxy groups -OCH3 is 1. The van der Waals surface area contributed by atoms with Gasteiger partial charge in [0.05, 0.1) is 13.2 Å². The van der Waals surface area contributed by atoms with E-state index in [1.165, 1.54) is 6.92 Å². The molecule has 1 atom stereocenters. The third-order valence-electron chi connectivity index (χ3n) is 4.95. The topological polar surface area (TPSA) is 58.6 Å². The van der Waals surface area contributed by atoms with Crippen LogP contribution in [-0.4, -0.2) is 35.8 Å². The molecule has 1 aliphatic carbocycles. The van der Waals surface area contributed by atoms with Crippen molar-refractivity contribution in [1.82, 2.24) is 4.90 Å². The largest absolute Gasteiger partial charge is 0.497 e. The molecule has 0 bridgehead atoms. The van der Waals surface area contributed by atoms with E-state index in [4.69, 9.17) is 4.74 Å². The van der Waals surface area contributed by atoms with Crippen molar-refractivity contribution in [3.8, 4) is 5.75 Å². The number of anilines is 1. The summed E-state index contributed by atoms with van der Waals surface area (Å²) in [5, 5.41) is 2.95. The first-order valence-corrected chi connectivity index (χ1v) is 9.28. The van der Waals surface area contributed by atoms with Gasteiger partial charge in [-0.15, -0.1) is 0 Å². The zero-order valence-electron chi connectivity index (χ0n) is 16.1. The molecule has 0 saturated heterocycles. The molecule has 1 fully saturated rings. The van der Waals surface area contributed by atoms with E-state index in [0.29, 0.717) is 17.3 Å². The highest BCUT2D eigenvalue weighted by atomic mass is 16.5. The Morgan fingerprint density at radius 2 is 1.89 bits per heavy atom. The van der Waals surface area contributed by atoms with Gasteiger partial charge in [-0.25, -0.2) is 0 Å². The number of hydrogen-bond acceptors (Lipinski definition) is 4. The average molecular weight is 366 g/mol. The summed E-state index contributed by atoms with van der Waals surface area (Å²) in [4.78, 5) is 26.6. The second-order valence-electron chi connectivity index (χ2n) is 7.05. The molecule has 1 amide bonds. The molecule has 0 spiro atoms. The zero-order chi connectivity index (χ0) is 19.4. The molecule has 0 aliphatic heterocycles. The van der Waals surface area contributed by atoms with Crippen molar-refractivity contribution in [1.29, 1.82) is 0 Å². The standard InChI is InChI=1S/C22H26N2O3/c1-15(22(26)23-19-6-4-5-18(13-19)16(2)25)24(20-9-10-20)14-17-7-11-21(27-3)12-8-17/h4-8,11-13,15,20H,9-10,14H2,1-3H3,(H,23,26)/t15-/m0/s1. The van der Waals surface area contributed by atoms with E-state index >= 15 is 0 Å². The van der Waals surface area contributed by atoms with Gasteiger partial charge in [0, 0.05) is 23.8 Å². The van der Waals surface area contributed by atoms with Crippen LogP contribution < -0.4 is 10.1 Å². The number of ketones is 1. The second-order valence-corrected chi connectivity index (χ2v) is 7.05. The Hall–Kier alpha value is -2.66. The van der Waals surface area contributed by atoms with E-state index in [2.05, 4.69) is 10.2 Å². The molecule has 1 aliphatic rings. The first kappa shape index (κ1) is 19.1. The minimum Gasteiger partial charge on any atom is -0.497 e. The Morgan fingerprint density at radius 1 is 1.19 bits per heavy atom. The van der Waals surface area contributed by atoms with E-state index < -0.39 is 0 Å². The van der Waals surface area contributed by atoms with Crippen LogP contribution in [0.5, 0.6) is 5.75 Å². The van der Waals surface area contributed by atoms with Gasteiger partial charge in [-0.1, -0.05) is 24.3 Å². The van der Waals surface area contributed by atoms with Gasteiger partial charge in [-0.05, 0) is 56.5 Å². The molecule has 5 heteroatoms. The third-order valence-corrected chi connectivity index (χ3v) is 4.95. The number of nitrogens with zero attached hydrogens (tertiary/aromatic N) is 1. The number of ether oxygens (including phenoxy) is 1. The lowest BCUT2D eigenvalue weighted by molar-refractivity contribution is -0.121. The van der Waals surface area contributed by atoms with Crippen LogP contribution in [0, 0.1) is 0 Å². The number of carbonyl (C=O) groups excluding carboxylic acids is 2. The monoisotopic (exact) mass is 366 g/mol. The minimum absolute atomic E-state index is 0.0155. The molecule has 0 heterocycles. The summed E-state index contributed by atoms with van der Waals surface area (Å²) >= 11 is 0. The zero-order valence-corrected chi connectivity index (χ0v) is 16.1. The number of nitrogens with one attached hydrogen (secondary N) is 1. The lowest BCUT2D eigenvalue weighted by Crippen LogP contribution is -2.43. The van der Waals surface area contributed by atoms with Crippen LogP contribution >= 0.6 is 0 Å². The van der Waals surface area contributed by atoms with E-state index in [0.717, 1.165) is 30.7 Å². The van der Waals surface area contributed by atoms with E-state index in [-0.39, 0.29) is 17.7 Å². The SMILES string of the molecule is COc1ccc(CN(C2CC2)[C@@H](C)C(=O)Nc2cccc(C(C)=O)c2)cc1. The molecule has 3 rings (SSSR count). The summed E-state index contributed by atoms with van der Waals surface area (Å²) < 4.78 is 5.21. The predicted octanol–water partition coefficient (Wildman–Crippen LogP) is 3.89. The normalized spacial score (nSPS) is 14.7. The Bertz CT molecular complexity index is 813. The molecule has 142 valence electrons. The fourth-order valence-corrected chi connectivity index (χ4v) is 3.14. The molecule has 1 saturated carbocycles. The Balaban J connectivity index is 1.68. The molecule has 0 radical (unpaired) electrons. The summed E-state index contributed by atoms with van der Waals surface area (Å²) in [5.74, 6) is 0.752. The molecular formula is C22H26N2O3. The van der Waals surface area contributed by atoms with Crippen LogP contribution in [-0.2, 0) is 11.3 Å². The van der Waals surface area contributed by atoms with Crippen molar-refractivity contribution < 1.29 is 14.3 Å². The van der Waals surface area contributed by atoms with Crippen LogP contribution in [0.15, 0.2) is 48.5 Å². The highest BCUT2D eigenvalue weighted by Crippen LogP contribution is 2.31. The number of benzene rings is 2. The smallest absolute Gasteiger partial charge is 0.241 e. The van der Waals surface area contributed by atoms with Crippen molar-refractivity contribution in [2.24, 2.45) is 0 Å². The molecular weight excluding hydrogens is 340 g/mol. The van der Waals surface area contributed by atoms with Crippen molar-refractivity contribution >= 4 is 17.4 Å². The summed E-state index contributed by atoms with van der Waals surface area (Å²) in [6.07, 6.45) is 2.24. The maximum Gasteiger partial charge on any atom is 0.241 e. The van der Waals surface area contributed by atoms with Gasteiger partial charge >= 0.3 is 0 Å². The van der Waals surface area contributed by atoms with Crippen LogP contribution in [0.2, 0.25) is 0 Å². The van der Waals surface area contributed by atoms with Gasteiger partial charge < -0.3 is 10.1 Å². The Morgan fingerprint density at radius 3 is 2.48 bits per heavy atom. The predicted molar refractivity (Wildman–Crippen MR) is 106 cm³/mol. The lowest BCUT2D eigenvalue weighted by atomic mass is 10.1. The number of rotatable bonds is 8. The molecule has 1 N–H and O–H groups in total. The highest BCUT2D eigenvalue weighted by molar-refractivity contribution is 5.98. The second kappa shape index (κ2) is 8.35. The van der Waals surface area contributed by atoms with Crippen molar-refractivity contribution in [3.63, 3.8) is 0 Å². The average Bonchev–Trinajstić information content (AvgIpc) is 3.51. The molecule has 2 aromatic carbocycles. The Kier molecular flexibility index (Phi) is 5.91. The maximum absolute atomic E-state index is 12.8. The van der Waals surface area contributed by atoms with Crippen LogP contribution in [0.3, 0.4) is 0 Å². The quantitative estimate of drug-likeness (QED) is 0.720. The summed E-state index contributed by atoms with van der Waals surface area (Å²) in [7, 11) is 1.65. The van der Waals surface area contributed by atoms with Crippen LogP contribution in [0.1, 0.15) is 42.6 Å². The van der Waals surface area contributed by atoms with Crippen LogP contribution in [0.25, 0.3) is 0 Å². The highest BCUT2D eigenvalue weighted by Gasteiger charge is 2.35. The summed E-state index contributed by atoms with van der Waals surface area (Å²) in [5.41, 5.74) is 2.40. The van der Waals surface area contributed by atoms with Crippen molar-refractivity contribution in [2.45, 2.75) is 45.3 Å². The first-order valence-electron chi connectivity index (χ1n) is 9.28. The lowest BCUT2D eigenvalue weighted by Gasteiger charge is -2.28. The molecule has 2 aromatic rings. The van der Waals surface area contributed by atoms with Gasteiger partial charge in [-0.3, -0.25) is 14.5 Å². The minimum atomic E-state index is -0.263. The van der Waals surface area contributed by atoms with Gasteiger partial charge in [-0.2, -0.15) is 0 Å². The summed E-state index contributed by atoms with van der Waals surface area (Å²) in [6, 6.07) is 15.2. The van der Waals surface area contributed by atoms with Gasteiger partial charge in [0.25, 0.3) is 0 Å². The fraction of sp³-hybridized carbons (Fsp3) is 0.364. The number of Topliss-reactive ketones (excluding diaryl/α,β-unsaturated/α-hetero) is 1. The van der Waals surface area contributed by atoms with Gasteiger partial charge in [0.15, 0.2) is 5.78 Å². The van der Waals surface area contributed by atoms with E-state index in [1.807, 2.05) is 37.3 Å².